The van der Waals surface area contributed by atoms with Crippen molar-refractivity contribution in [2.24, 2.45) is 4.99 Å². The Balaban J connectivity index is 1.85. The van der Waals surface area contributed by atoms with E-state index in [4.69, 9.17) is 14.6 Å². The average Bonchev–Trinajstić information content (AvgIpc) is 2.88. The average molecular weight is 488 g/mol. The van der Waals surface area contributed by atoms with Gasteiger partial charge in [-0.3, -0.25) is 14.7 Å². The highest BCUT2D eigenvalue weighted by Gasteiger charge is 2.17. The van der Waals surface area contributed by atoms with Gasteiger partial charge in [0.25, 0.3) is 0 Å². The number of rotatable bonds is 13. The summed E-state index contributed by atoms with van der Waals surface area (Å²) in [6.07, 6.45) is 5.00. The van der Waals surface area contributed by atoms with Crippen molar-refractivity contribution in [2.45, 2.75) is 13.3 Å². The van der Waals surface area contributed by atoms with Gasteiger partial charge in [0.05, 0.1) is 44.2 Å². The second kappa shape index (κ2) is 13.7. The highest BCUT2D eigenvalue weighted by Crippen LogP contribution is 2.32. The van der Waals surface area contributed by atoms with Gasteiger partial charge in [-0.2, -0.15) is 0 Å². The van der Waals surface area contributed by atoms with Crippen molar-refractivity contribution in [3.8, 4) is 17.0 Å². The molecule has 190 valence electrons. The summed E-state index contributed by atoms with van der Waals surface area (Å²) in [4.78, 5) is 26.9. The van der Waals surface area contributed by atoms with Crippen LogP contribution >= 0.6 is 0 Å². The molecule has 1 amide bonds. The molecule has 1 aromatic carbocycles. The molecule has 0 atom stereocenters. The summed E-state index contributed by atoms with van der Waals surface area (Å²) >= 11 is 0. The number of hydrogen-bond donors (Lipinski definition) is 1. The third kappa shape index (κ3) is 7.45. The van der Waals surface area contributed by atoms with E-state index in [1.807, 2.05) is 6.92 Å². The van der Waals surface area contributed by atoms with Gasteiger partial charge in [0.15, 0.2) is 11.6 Å². The van der Waals surface area contributed by atoms with Gasteiger partial charge in [0, 0.05) is 51.4 Å². The number of halogens is 1. The van der Waals surface area contributed by atoms with E-state index in [0.29, 0.717) is 48.9 Å². The molecule has 0 saturated carbocycles. The van der Waals surface area contributed by atoms with Crippen molar-refractivity contribution in [3.63, 3.8) is 0 Å². The van der Waals surface area contributed by atoms with E-state index in [-0.39, 0.29) is 12.4 Å². The second-order valence-electron chi connectivity index (χ2n) is 8.16. The number of carbonyl (C=O) groups excluding carboxylic acids is 1. The van der Waals surface area contributed by atoms with Crippen LogP contribution in [0.25, 0.3) is 11.3 Å². The molecule has 1 fully saturated rings. The fourth-order valence-electron chi connectivity index (χ4n) is 3.78. The van der Waals surface area contributed by atoms with Crippen molar-refractivity contribution in [1.82, 2.24) is 14.8 Å². The quantitative estimate of drug-likeness (QED) is 0.201. The number of β-amino-alcohol motifs (C(OH)–C–C–N with tert-alkyl or cyclic N) is 1. The molecule has 0 unspecified atom stereocenters. The van der Waals surface area contributed by atoms with Crippen molar-refractivity contribution >= 4 is 24.1 Å². The molecule has 1 aromatic heterocycles. The highest BCUT2D eigenvalue weighted by atomic mass is 19.1. The first kappa shape index (κ1) is 26.5. The number of pyridine rings is 1. The number of hydrogen-bond acceptors (Lipinski definition) is 7. The zero-order valence-electron chi connectivity index (χ0n) is 20.4. The van der Waals surface area contributed by atoms with Crippen LogP contribution in [0.5, 0.6) is 5.75 Å². The number of aliphatic hydroxyl groups excluding tert-OH is 1. The lowest BCUT2D eigenvalue weighted by Crippen LogP contribution is -2.46. The number of anilines is 1. The Morgan fingerprint density at radius 2 is 2.03 bits per heavy atom. The Bertz CT molecular complexity index is 982. The zero-order valence-corrected chi connectivity index (χ0v) is 20.4. The summed E-state index contributed by atoms with van der Waals surface area (Å²) in [5.41, 5.74) is 2.17. The van der Waals surface area contributed by atoms with Crippen LogP contribution in [0.1, 0.15) is 13.3 Å². The Kier molecular flexibility index (Phi) is 10.4. The van der Waals surface area contributed by atoms with Crippen LogP contribution in [0.3, 0.4) is 0 Å². The van der Waals surface area contributed by atoms with Crippen molar-refractivity contribution < 1.29 is 23.8 Å². The summed E-state index contributed by atoms with van der Waals surface area (Å²) in [7, 11) is 1.41. The number of piperazine rings is 1. The number of nitrogens with zero attached hydrogens (tertiary/aromatic N) is 5. The molecular weight excluding hydrogens is 453 g/mol. The number of aliphatic hydroxyl groups is 1. The molecule has 2 heterocycles. The van der Waals surface area contributed by atoms with Crippen LogP contribution in [0.4, 0.5) is 15.8 Å². The van der Waals surface area contributed by atoms with Crippen molar-refractivity contribution in [2.75, 3.05) is 71.1 Å². The number of methoxy groups -OCH3 is 1. The molecule has 1 saturated heterocycles. The van der Waals surface area contributed by atoms with Crippen molar-refractivity contribution in [1.29, 1.82) is 0 Å². The molecule has 2 aromatic rings. The summed E-state index contributed by atoms with van der Waals surface area (Å²) in [6, 6.07) is 6.36. The number of benzene rings is 1. The molecular formula is C25H34FN5O4. The normalized spacial score (nSPS) is 14.5. The third-order valence-electron chi connectivity index (χ3n) is 5.75. The van der Waals surface area contributed by atoms with Gasteiger partial charge in [0.2, 0.25) is 6.41 Å². The molecule has 1 aliphatic heterocycles. The summed E-state index contributed by atoms with van der Waals surface area (Å²) in [5, 5.41) is 9.12. The minimum atomic E-state index is -0.490. The Hall–Kier alpha value is -3.08. The molecule has 0 radical (unpaired) electrons. The molecule has 1 aliphatic rings. The smallest absolute Gasteiger partial charge is 0.214 e. The summed E-state index contributed by atoms with van der Waals surface area (Å²) in [6.45, 7) is 7.46. The first-order chi connectivity index (χ1) is 17.1. The van der Waals surface area contributed by atoms with Gasteiger partial charge in [-0.05, 0) is 30.7 Å². The van der Waals surface area contributed by atoms with Gasteiger partial charge in [0.1, 0.15) is 5.69 Å². The number of carbonyl (C=O) groups is 1. The van der Waals surface area contributed by atoms with E-state index in [1.165, 1.54) is 18.1 Å². The molecule has 1 N–H and O–H groups in total. The highest BCUT2D eigenvalue weighted by molar-refractivity contribution is 5.85. The largest absolute Gasteiger partial charge is 0.494 e. The first-order valence-corrected chi connectivity index (χ1v) is 11.8. The van der Waals surface area contributed by atoms with Gasteiger partial charge < -0.3 is 24.4 Å². The minimum Gasteiger partial charge on any atom is -0.494 e. The van der Waals surface area contributed by atoms with E-state index in [1.54, 1.807) is 30.7 Å². The van der Waals surface area contributed by atoms with E-state index in [0.717, 1.165) is 39.0 Å². The van der Waals surface area contributed by atoms with Gasteiger partial charge in [-0.1, -0.05) is 6.92 Å². The lowest BCUT2D eigenvalue weighted by molar-refractivity contribution is -0.107. The lowest BCUT2D eigenvalue weighted by Gasteiger charge is -2.33. The van der Waals surface area contributed by atoms with Crippen LogP contribution in [-0.4, -0.2) is 98.8 Å². The third-order valence-corrected chi connectivity index (χ3v) is 5.75. The molecule has 0 aliphatic carbocycles. The standard InChI is InChI=1S/C25H34FN5O4/c1-3-13-35-14-11-31(19-33)24-16-22(20-4-5-25(34-2)21(26)15-20)27-17-23(24)28-18-30-8-6-29(7-9-30)10-12-32/h4-5,15-19,32H,3,6-14H2,1-2H3. The van der Waals surface area contributed by atoms with Gasteiger partial charge in [-0.25, -0.2) is 9.38 Å². The molecule has 0 bridgehead atoms. The predicted octanol–water partition coefficient (Wildman–Crippen LogP) is 2.56. The van der Waals surface area contributed by atoms with E-state index in [9.17, 15) is 9.18 Å². The number of aliphatic imine (C=N–C) groups is 1. The van der Waals surface area contributed by atoms with Crippen molar-refractivity contribution in [3.05, 3.63) is 36.3 Å². The maximum absolute atomic E-state index is 14.3. The maximum atomic E-state index is 14.3. The summed E-state index contributed by atoms with van der Waals surface area (Å²) in [5.74, 6) is -0.340. The fraction of sp³-hybridized carbons (Fsp3) is 0.480. The topological polar surface area (TPSA) is 90.7 Å². The monoisotopic (exact) mass is 487 g/mol. The fourth-order valence-corrected chi connectivity index (χ4v) is 3.78. The Labute approximate surface area is 205 Å². The number of ether oxygens (including phenoxy) is 2. The van der Waals surface area contributed by atoms with E-state index in [2.05, 4.69) is 19.8 Å². The predicted molar refractivity (Wildman–Crippen MR) is 134 cm³/mol. The van der Waals surface area contributed by atoms with E-state index >= 15 is 0 Å². The summed E-state index contributed by atoms with van der Waals surface area (Å²) < 4.78 is 24.9. The minimum absolute atomic E-state index is 0.150. The van der Waals surface area contributed by atoms with Crippen LogP contribution in [-0.2, 0) is 9.53 Å². The van der Waals surface area contributed by atoms with Crippen LogP contribution in [0.15, 0.2) is 35.5 Å². The molecule has 10 heteroatoms. The van der Waals surface area contributed by atoms with Gasteiger partial charge in [-0.15, -0.1) is 0 Å². The van der Waals surface area contributed by atoms with Crippen LogP contribution < -0.4 is 9.64 Å². The molecule has 3 rings (SSSR count). The first-order valence-electron chi connectivity index (χ1n) is 11.8. The zero-order chi connectivity index (χ0) is 25.0. The maximum Gasteiger partial charge on any atom is 0.214 e. The van der Waals surface area contributed by atoms with Crippen LogP contribution in [0, 0.1) is 5.82 Å². The Morgan fingerprint density at radius 1 is 1.23 bits per heavy atom. The molecule has 0 spiro atoms. The number of aromatic nitrogens is 1. The van der Waals surface area contributed by atoms with Crippen LogP contribution in [0.2, 0.25) is 0 Å². The lowest BCUT2D eigenvalue weighted by atomic mass is 10.1. The Morgan fingerprint density at radius 3 is 2.69 bits per heavy atom. The second-order valence-corrected chi connectivity index (χ2v) is 8.16. The molecule has 9 nitrogen and oxygen atoms in total. The SMILES string of the molecule is CCCOCCN(C=O)c1cc(-c2ccc(OC)c(F)c2)ncc1N=CN1CCN(CCO)CC1. The van der Waals surface area contributed by atoms with E-state index < -0.39 is 5.82 Å². The number of amides is 1. The molecule has 35 heavy (non-hydrogen) atoms. The van der Waals surface area contributed by atoms with Gasteiger partial charge >= 0.3 is 0 Å².